The fourth-order valence-electron chi connectivity index (χ4n) is 2.57. The molecule has 0 saturated heterocycles. The van der Waals surface area contributed by atoms with Gasteiger partial charge in [0.05, 0.1) is 6.54 Å². The Morgan fingerprint density at radius 1 is 1.00 bits per heavy atom. The Balaban J connectivity index is 1.68. The molecule has 2 amide bonds. The minimum Gasteiger partial charge on any atom is -0.459 e. The van der Waals surface area contributed by atoms with E-state index in [0.29, 0.717) is 16.5 Å². The molecule has 1 aromatic heterocycles. The van der Waals surface area contributed by atoms with E-state index in [1.54, 1.807) is 24.3 Å². The van der Waals surface area contributed by atoms with Crippen LogP contribution in [-0.4, -0.2) is 11.8 Å². The van der Waals surface area contributed by atoms with Crippen LogP contribution in [-0.2, 0) is 16.1 Å². The highest BCUT2D eigenvalue weighted by Gasteiger charge is 2.12. The van der Waals surface area contributed by atoms with Crippen molar-refractivity contribution in [1.82, 2.24) is 10.6 Å². The Hall–Kier alpha value is -3.31. The first-order valence-electron chi connectivity index (χ1n) is 8.68. The highest BCUT2D eigenvalue weighted by atomic mass is 35.5. The van der Waals surface area contributed by atoms with Crippen molar-refractivity contribution >= 4 is 29.5 Å². The maximum Gasteiger partial charge on any atom is 0.268 e. The van der Waals surface area contributed by atoms with Crippen LogP contribution in [0.4, 0.5) is 0 Å². The number of rotatable bonds is 6. The van der Waals surface area contributed by atoms with Crippen molar-refractivity contribution in [1.29, 1.82) is 0 Å². The SMILES string of the molecule is CC(=O)N/C(=C\c1ccccc1)C(=O)NCc1ccc(-c2ccc(Cl)cc2)o1. The molecular weight excluding hydrogens is 376 g/mol. The average molecular weight is 395 g/mol. The standard InChI is InChI=1S/C22H19ClN2O3/c1-15(26)25-20(13-16-5-3-2-4-6-16)22(27)24-14-19-11-12-21(28-19)17-7-9-18(23)10-8-17/h2-13H,14H2,1H3,(H,24,27)(H,25,26)/b20-13-. The fourth-order valence-corrected chi connectivity index (χ4v) is 2.69. The third-order valence-electron chi connectivity index (χ3n) is 3.88. The number of amides is 2. The van der Waals surface area contributed by atoms with Gasteiger partial charge in [-0.15, -0.1) is 0 Å². The summed E-state index contributed by atoms with van der Waals surface area (Å²) in [4.78, 5) is 24.0. The van der Waals surface area contributed by atoms with Gasteiger partial charge in [0.2, 0.25) is 5.91 Å². The lowest BCUT2D eigenvalue weighted by molar-refractivity contribution is -0.122. The first kappa shape index (κ1) is 19.5. The minimum absolute atomic E-state index is 0.170. The van der Waals surface area contributed by atoms with Crippen LogP contribution < -0.4 is 10.6 Å². The maximum atomic E-state index is 12.5. The van der Waals surface area contributed by atoms with Crippen molar-refractivity contribution in [2.45, 2.75) is 13.5 Å². The van der Waals surface area contributed by atoms with Crippen molar-refractivity contribution in [2.75, 3.05) is 0 Å². The van der Waals surface area contributed by atoms with Crippen LogP contribution in [0, 0.1) is 0 Å². The molecule has 0 saturated carbocycles. The lowest BCUT2D eigenvalue weighted by Gasteiger charge is -2.09. The minimum atomic E-state index is -0.400. The van der Waals surface area contributed by atoms with Gasteiger partial charge >= 0.3 is 0 Å². The Labute approximate surface area is 168 Å². The van der Waals surface area contributed by atoms with Crippen molar-refractivity contribution in [3.05, 3.63) is 88.8 Å². The predicted molar refractivity (Wildman–Crippen MR) is 109 cm³/mol. The highest BCUT2D eigenvalue weighted by molar-refractivity contribution is 6.30. The number of nitrogens with one attached hydrogen (secondary N) is 2. The third kappa shape index (κ3) is 5.34. The summed E-state index contributed by atoms with van der Waals surface area (Å²) in [6, 6.07) is 20.2. The molecule has 6 heteroatoms. The summed E-state index contributed by atoms with van der Waals surface area (Å²) in [7, 11) is 0. The van der Waals surface area contributed by atoms with Gasteiger partial charge in [0.25, 0.3) is 5.91 Å². The smallest absolute Gasteiger partial charge is 0.268 e. The van der Waals surface area contributed by atoms with Gasteiger partial charge in [-0.3, -0.25) is 9.59 Å². The van der Waals surface area contributed by atoms with Gasteiger partial charge in [0.1, 0.15) is 17.2 Å². The second kappa shape index (κ2) is 9.06. The third-order valence-corrected chi connectivity index (χ3v) is 4.13. The number of benzene rings is 2. The lowest BCUT2D eigenvalue weighted by atomic mass is 10.2. The Morgan fingerprint density at radius 2 is 1.71 bits per heavy atom. The molecule has 0 spiro atoms. The molecule has 0 fully saturated rings. The molecule has 0 aliphatic rings. The van der Waals surface area contributed by atoms with Crippen molar-refractivity contribution in [3.8, 4) is 11.3 Å². The van der Waals surface area contributed by atoms with Gasteiger partial charge in [-0.05, 0) is 48.0 Å². The molecule has 0 bridgehead atoms. The van der Waals surface area contributed by atoms with Gasteiger partial charge in [0, 0.05) is 17.5 Å². The molecule has 0 radical (unpaired) electrons. The molecule has 2 aromatic carbocycles. The molecule has 3 rings (SSSR count). The summed E-state index contributed by atoms with van der Waals surface area (Å²) >= 11 is 5.90. The Morgan fingerprint density at radius 3 is 2.39 bits per heavy atom. The van der Waals surface area contributed by atoms with E-state index in [-0.39, 0.29) is 18.1 Å². The predicted octanol–water partition coefficient (Wildman–Crippen LogP) is 4.39. The summed E-state index contributed by atoms with van der Waals surface area (Å²) < 4.78 is 5.77. The maximum absolute atomic E-state index is 12.5. The van der Waals surface area contributed by atoms with E-state index in [4.69, 9.17) is 16.0 Å². The normalized spacial score (nSPS) is 11.1. The van der Waals surface area contributed by atoms with Gasteiger partial charge in [-0.25, -0.2) is 0 Å². The highest BCUT2D eigenvalue weighted by Crippen LogP contribution is 2.23. The first-order valence-corrected chi connectivity index (χ1v) is 9.06. The largest absolute Gasteiger partial charge is 0.459 e. The molecule has 0 atom stereocenters. The molecule has 1 heterocycles. The fraction of sp³-hybridized carbons (Fsp3) is 0.0909. The van der Waals surface area contributed by atoms with Crippen LogP contribution in [0.2, 0.25) is 5.02 Å². The number of halogens is 1. The summed E-state index contributed by atoms with van der Waals surface area (Å²) in [5.41, 5.74) is 1.87. The zero-order valence-electron chi connectivity index (χ0n) is 15.2. The summed E-state index contributed by atoms with van der Waals surface area (Å²) in [5, 5.41) is 5.98. The lowest BCUT2D eigenvalue weighted by Crippen LogP contribution is -2.33. The van der Waals surface area contributed by atoms with E-state index < -0.39 is 5.91 Å². The van der Waals surface area contributed by atoms with Crippen LogP contribution in [0.3, 0.4) is 0 Å². The van der Waals surface area contributed by atoms with Crippen LogP contribution in [0.25, 0.3) is 17.4 Å². The van der Waals surface area contributed by atoms with E-state index in [1.165, 1.54) is 6.92 Å². The van der Waals surface area contributed by atoms with E-state index in [9.17, 15) is 9.59 Å². The van der Waals surface area contributed by atoms with Crippen LogP contribution in [0.15, 0.2) is 76.8 Å². The first-order chi connectivity index (χ1) is 13.5. The quantitative estimate of drug-likeness (QED) is 0.609. The van der Waals surface area contributed by atoms with Gasteiger partial charge in [-0.1, -0.05) is 41.9 Å². The summed E-state index contributed by atoms with van der Waals surface area (Å²) in [6.45, 7) is 1.55. The summed E-state index contributed by atoms with van der Waals surface area (Å²) in [6.07, 6.45) is 1.62. The van der Waals surface area contributed by atoms with Gasteiger partial charge in [0.15, 0.2) is 0 Å². The zero-order chi connectivity index (χ0) is 19.9. The molecule has 0 aliphatic heterocycles. The molecule has 2 N–H and O–H groups in total. The van der Waals surface area contributed by atoms with Crippen LogP contribution in [0.1, 0.15) is 18.2 Å². The van der Waals surface area contributed by atoms with E-state index >= 15 is 0 Å². The topological polar surface area (TPSA) is 71.3 Å². The molecule has 0 aliphatic carbocycles. The Bertz CT molecular complexity index is 992. The van der Waals surface area contributed by atoms with Gasteiger partial charge in [-0.2, -0.15) is 0 Å². The van der Waals surface area contributed by atoms with E-state index in [0.717, 1.165) is 11.1 Å². The second-order valence-electron chi connectivity index (χ2n) is 6.11. The number of furan rings is 1. The average Bonchev–Trinajstić information content (AvgIpc) is 3.15. The van der Waals surface area contributed by atoms with Crippen molar-refractivity contribution in [2.24, 2.45) is 0 Å². The second-order valence-corrected chi connectivity index (χ2v) is 6.54. The van der Waals surface area contributed by atoms with Crippen LogP contribution >= 0.6 is 11.6 Å². The number of hydrogen-bond donors (Lipinski definition) is 2. The molecule has 142 valence electrons. The van der Waals surface area contributed by atoms with Crippen LogP contribution in [0.5, 0.6) is 0 Å². The van der Waals surface area contributed by atoms with Crippen molar-refractivity contribution in [3.63, 3.8) is 0 Å². The number of hydrogen-bond acceptors (Lipinski definition) is 3. The number of carbonyl (C=O) groups excluding carboxylic acids is 2. The monoisotopic (exact) mass is 394 g/mol. The van der Waals surface area contributed by atoms with Crippen molar-refractivity contribution < 1.29 is 14.0 Å². The molecule has 5 nitrogen and oxygen atoms in total. The summed E-state index contributed by atoms with van der Waals surface area (Å²) in [5.74, 6) is 0.562. The number of carbonyl (C=O) groups is 2. The molecule has 28 heavy (non-hydrogen) atoms. The molecule has 3 aromatic rings. The van der Waals surface area contributed by atoms with E-state index in [1.807, 2.05) is 48.5 Å². The molecule has 0 unspecified atom stereocenters. The molecular formula is C22H19ClN2O3. The zero-order valence-corrected chi connectivity index (χ0v) is 16.0. The van der Waals surface area contributed by atoms with Gasteiger partial charge < -0.3 is 15.1 Å². The van der Waals surface area contributed by atoms with E-state index in [2.05, 4.69) is 10.6 Å². The Kier molecular flexibility index (Phi) is 6.29.